The molecule has 5 heteroatoms. The first-order valence-corrected chi connectivity index (χ1v) is 12.6. The van der Waals surface area contributed by atoms with Crippen molar-refractivity contribution in [3.05, 3.63) is 48.0 Å². The van der Waals surface area contributed by atoms with E-state index in [4.69, 9.17) is 9.16 Å². The minimum Gasteiger partial charge on any atom is -0.459 e. The molecular formula is C22H34O4Si. The fourth-order valence-electron chi connectivity index (χ4n) is 3.07. The Morgan fingerprint density at radius 3 is 2.26 bits per heavy atom. The van der Waals surface area contributed by atoms with Crippen LogP contribution in [0.3, 0.4) is 0 Å². The maximum Gasteiger partial charge on any atom is 0.338 e. The zero-order valence-corrected chi connectivity index (χ0v) is 18.2. The van der Waals surface area contributed by atoms with Gasteiger partial charge < -0.3 is 9.16 Å². The molecule has 0 N–H and O–H groups in total. The molecule has 0 saturated carbocycles. The number of benzene rings is 1. The van der Waals surface area contributed by atoms with Crippen molar-refractivity contribution in [2.24, 2.45) is 0 Å². The van der Waals surface area contributed by atoms with Crippen LogP contribution in [0.15, 0.2) is 42.5 Å². The first-order chi connectivity index (χ1) is 13.0. The molecule has 1 atom stereocenters. The van der Waals surface area contributed by atoms with Crippen molar-refractivity contribution < 1.29 is 18.8 Å². The molecule has 0 amide bonds. The van der Waals surface area contributed by atoms with Gasteiger partial charge in [0.15, 0.2) is 14.1 Å². The van der Waals surface area contributed by atoms with E-state index in [2.05, 4.69) is 20.8 Å². The predicted octanol–water partition coefficient (Wildman–Crippen LogP) is 5.55. The van der Waals surface area contributed by atoms with Gasteiger partial charge in [0.05, 0.1) is 11.7 Å². The van der Waals surface area contributed by atoms with Crippen LogP contribution in [0, 0.1) is 0 Å². The van der Waals surface area contributed by atoms with Gasteiger partial charge in [0.1, 0.15) is 6.61 Å². The molecule has 0 saturated heterocycles. The molecule has 4 nitrogen and oxygen atoms in total. The smallest absolute Gasteiger partial charge is 0.338 e. The molecule has 150 valence electrons. The second-order valence-electron chi connectivity index (χ2n) is 6.89. The molecule has 0 spiro atoms. The molecule has 0 radical (unpaired) electrons. The fraction of sp³-hybridized carbons (Fsp3) is 0.545. The molecule has 0 heterocycles. The van der Waals surface area contributed by atoms with E-state index in [1.165, 1.54) is 0 Å². The molecule has 0 aliphatic rings. The van der Waals surface area contributed by atoms with Crippen molar-refractivity contribution in [2.75, 3.05) is 6.61 Å². The summed E-state index contributed by atoms with van der Waals surface area (Å²) in [6.07, 6.45) is 5.96. The van der Waals surface area contributed by atoms with E-state index in [0.717, 1.165) is 37.4 Å². The number of esters is 1. The lowest BCUT2D eigenvalue weighted by Gasteiger charge is -2.33. The van der Waals surface area contributed by atoms with Crippen LogP contribution in [0.25, 0.3) is 0 Å². The molecule has 1 unspecified atom stereocenters. The van der Waals surface area contributed by atoms with Gasteiger partial charge in [-0.25, -0.2) is 4.79 Å². The Balaban J connectivity index is 2.68. The van der Waals surface area contributed by atoms with E-state index in [-0.39, 0.29) is 24.5 Å². The van der Waals surface area contributed by atoms with Gasteiger partial charge in [-0.05, 0) is 62.5 Å². The largest absolute Gasteiger partial charge is 0.459 e. The highest BCUT2D eigenvalue weighted by atomic mass is 28.4. The van der Waals surface area contributed by atoms with Gasteiger partial charge >= 0.3 is 5.97 Å². The monoisotopic (exact) mass is 390 g/mol. The topological polar surface area (TPSA) is 52.6 Å². The predicted molar refractivity (Wildman–Crippen MR) is 112 cm³/mol. The third-order valence-electron chi connectivity index (χ3n) is 5.01. The van der Waals surface area contributed by atoms with Crippen molar-refractivity contribution in [3.63, 3.8) is 0 Å². The van der Waals surface area contributed by atoms with E-state index >= 15 is 0 Å². The molecule has 0 bridgehead atoms. The van der Waals surface area contributed by atoms with Crippen molar-refractivity contribution in [1.29, 1.82) is 0 Å². The molecule has 0 fully saturated rings. The molecule has 1 aromatic rings. The first-order valence-electron chi connectivity index (χ1n) is 10.0. The Labute approximate surface area is 165 Å². The molecule has 0 aliphatic heterocycles. The number of ether oxygens (including phenoxy) is 1. The summed E-state index contributed by atoms with van der Waals surface area (Å²) in [6, 6.07) is 12.2. The van der Waals surface area contributed by atoms with Crippen LogP contribution in [-0.2, 0) is 14.0 Å². The lowest BCUT2D eigenvalue weighted by Crippen LogP contribution is -2.41. The van der Waals surface area contributed by atoms with Crippen LogP contribution in [0.1, 0.15) is 57.3 Å². The number of hydrogen-bond acceptors (Lipinski definition) is 4. The van der Waals surface area contributed by atoms with Crippen LogP contribution in [-0.4, -0.2) is 32.8 Å². The SMILES string of the molecule is CC[Si](CC)(CC)OC(CCC/C=C/C(C)=O)COC(=O)c1ccccc1. The van der Waals surface area contributed by atoms with Crippen LogP contribution in [0.4, 0.5) is 0 Å². The number of carbonyl (C=O) groups excluding carboxylic acids is 2. The van der Waals surface area contributed by atoms with E-state index < -0.39 is 8.32 Å². The van der Waals surface area contributed by atoms with E-state index in [0.29, 0.717) is 5.56 Å². The van der Waals surface area contributed by atoms with Crippen molar-refractivity contribution in [2.45, 2.75) is 71.2 Å². The zero-order chi connectivity index (χ0) is 20.1. The summed E-state index contributed by atoms with van der Waals surface area (Å²) in [4.78, 5) is 23.3. The molecular weight excluding hydrogens is 356 g/mol. The molecule has 1 aromatic carbocycles. The van der Waals surface area contributed by atoms with E-state index in [1.54, 1.807) is 25.1 Å². The summed E-state index contributed by atoms with van der Waals surface area (Å²) in [7, 11) is -1.78. The van der Waals surface area contributed by atoms with Gasteiger partial charge in [-0.2, -0.15) is 0 Å². The quantitative estimate of drug-likeness (QED) is 0.192. The number of hydrogen-bond donors (Lipinski definition) is 0. The van der Waals surface area contributed by atoms with Gasteiger partial charge in [0.25, 0.3) is 0 Å². The van der Waals surface area contributed by atoms with E-state index in [9.17, 15) is 9.59 Å². The van der Waals surface area contributed by atoms with Crippen molar-refractivity contribution in [3.8, 4) is 0 Å². The van der Waals surface area contributed by atoms with Crippen LogP contribution >= 0.6 is 0 Å². The van der Waals surface area contributed by atoms with Crippen LogP contribution < -0.4 is 0 Å². The van der Waals surface area contributed by atoms with Crippen LogP contribution in [0.5, 0.6) is 0 Å². The maximum absolute atomic E-state index is 12.3. The van der Waals surface area contributed by atoms with Crippen molar-refractivity contribution >= 4 is 20.1 Å². The molecule has 1 rings (SSSR count). The number of carbonyl (C=O) groups is 2. The average molecular weight is 391 g/mol. The van der Waals surface area contributed by atoms with Gasteiger partial charge in [0, 0.05) is 0 Å². The lowest BCUT2D eigenvalue weighted by atomic mass is 10.1. The minimum atomic E-state index is -1.78. The summed E-state index contributed by atoms with van der Waals surface area (Å²) in [5, 5.41) is 0. The zero-order valence-electron chi connectivity index (χ0n) is 17.2. The Hall–Kier alpha value is -1.72. The summed E-state index contributed by atoms with van der Waals surface area (Å²) >= 11 is 0. The summed E-state index contributed by atoms with van der Waals surface area (Å²) in [5.41, 5.74) is 0.561. The van der Waals surface area contributed by atoms with Gasteiger partial charge in [0.2, 0.25) is 0 Å². The molecule has 0 aliphatic carbocycles. The number of allylic oxidation sites excluding steroid dienone is 2. The Kier molecular flexibility index (Phi) is 10.9. The highest BCUT2D eigenvalue weighted by molar-refractivity contribution is 6.73. The Morgan fingerprint density at radius 1 is 1.07 bits per heavy atom. The maximum atomic E-state index is 12.3. The average Bonchev–Trinajstić information content (AvgIpc) is 2.69. The standard InChI is InChI=1S/C22H34O4Si/c1-5-27(6-2,7-3)26-21(17-13-8-10-14-19(4)23)18-25-22(24)20-15-11-9-12-16-20/h9-12,14-16,21H,5-8,13,17-18H2,1-4H3/b14-10+. The molecule has 0 aromatic heterocycles. The van der Waals surface area contributed by atoms with Crippen LogP contribution in [0.2, 0.25) is 18.1 Å². The normalized spacial score (nSPS) is 12.9. The van der Waals surface area contributed by atoms with Crippen molar-refractivity contribution in [1.82, 2.24) is 0 Å². The number of unbranched alkanes of at least 4 members (excludes halogenated alkanes) is 1. The molecule has 27 heavy (non-hydrogen) atoms. The third-order valence-corrected chi connectivity index (χ3v) is 9.71. The second kappa shape index (κ2) is 12.6. The Morgan fingerprint density at radius 2 is 1.70 bits per heavy atom. The third kappa shape index (κ3) is 8.67. The van der Waals surface area contributed by atoms with Gasteiger partial charge in [-0.1, -0.05) is 45.0 Å². The highest BCUT2D eigenvalue weighted by Crippen LogP contribution is 2.25. The second-order valence-corrected chi connectivity index (χ2v) is 11.6. The number of rotatable bonds is 13. The minimum absolute atomic E-state index is 0.0639. The van der Waals surface area contributed by atoms with E-state index in [1.807, 2.05) is 24.3 Å². The summed E-state index contributed by atoms with van der Waals surface area (Å²) < 4.78 is 12.1. The first kappa shape index (κ1) is 23.3. The Bertz CT molecular complexity index is 585. The lowest BCUT2D eigenvalue weighted by molar-refractivity contribution is -0.112. The summed E-state index contributed by atoms with van der Waals surface area (Å²) in [5.74, 6) is -0.244. The van der Waals surface area contributed by atoms with Gasteiger partial charge in [-0.3, -0.25) is 4.79 Å². The fourth-order valence-corrected chi connectivity index (χ4v) is 5.96. The van der Waals surface area contributed by atoms with Gasteiger partial charge in [-0.15, -0.1) is 0 Å². The summed E-state index contributed by atoms with van der Waals surface area (Å²) in [6.45, 7) is 8.42. The highest BCUT2D eigenvalue weighted by Gasteiger charge is 2.32. The number of ketones is 1.